The molecule has 70 heavy (non-hydrogen) atoms. The summed E-state index contributed by atoms with van der Waals surface area (Å²) in [5, 5.41) is 3.75. The number of anilines is 1. The summed E-state index contributed by atoms with van der Waals surface area (Å²) in [6, 6.07) is 29.9. The number of carbonyl (C=O) groups is 3. The van der Waals surface area contributed by atoms with Gasteiger partial charge in [0.1, 0.15) is 42.9 Å². The molecule has 376 valence electrons. The van der Waals surface area contributed by atoms with E-state index in [0.29, 0.717) is 17.0 Å². The molecule has 12 atom stereocenters. The molecule has 0 spiro atoms. The molecule has 4 heterocycles. The van der Waals surface area contributed by atoms with Gasteiger partial charge in [0.15, 0.2) is 35.4 Å². The van der Waals surface area contributed by atoms with Crippen LogP contribution in [0.5, 0.6) is 0 Å². The van der Waals surface area contributed by atoms with Crippen molar-refractivity contribution in [2.45, 2.75) is 89.3 Å². The van der Waals surface area contributed by atoms with Gasteiger partial charge in [0.25, 0.3) is 0 Å². The molecule has 21 nitrogen and oxygen atoms in total. The first-order valence-corrected chi connectivity index (χ1v) is 26.1. The predicted molar refractivity (Wildman–Crippen MR) is 253 cm³/mol. The Morgan fingerprint density at radius 2 is 1.39 bits per heavy atom. The van der Waals surface area contributed by atoms with E-state index in [2.05, 4.69) is 10.3 Å². The van der Waals surface area contributed by atoms with Crippen LogP contribution in [0.3, 0.4) is 0 Å². The standard InChI is InChI=1S/C46H55N5O16P2S/c1-27-28(2)39(63-31(5)54)45(65-38(27)35(62-30(4)53)23-60-29(3)52)66-68(55,56)67-69(57,70)61-24-36-40(58-6)41(59-7)44(64-36)51-26-49-37-42(47-25-48-43(37)51)50-46(32-17-11-8-12-18-32,33-19-13-9-14-20-33)34-21-15-10-16-22-34/h8-22,25-28,35-36,38-41,44-45H,23-24H2,1-7H3,(H,55,56)(H,57,70)(H,47,48,50)/t27-,28-,35+,36+,38?,39?,40?,41-,44+,45-,69?/m0/s1. The molecule has 3 N–H and O–H groups in total. The second-order valence-corrected chi connectivity index (χ2v) is 21.0. The lowest BCUT2D eigenvalue weighted by Gasteiger charge is -2.45. The van der Waals surface area contributed by atoms with Crippen LogP contribution in [0.25, 0.3) is 11.2 Å². The maximum atomic E-state index is 13.6. The molecule has 0 radical (unpaired) electrons. The minimum absolute atomic E-state index is 0.367. The van der Waals surface area contributed by atoms with E-state index in [4.69, 9.17) is 68.3 Å². The van der Waals surface area contributed by atoms with E-state index in [-0.39, 0.29) is 0 Å². The Hall–Kier alpha value is -5.06. The lowest BCUT2D eigenvalue weighted by molar-refractivity contribution is -0.270. The van der Waals surface area contributed by atoms with E-state index >= 15 is 0 Å². The summed E-state index contributed by atoms with van der Waals surface area (Å²) in [6.45, 7) is 1.07. The van der Waals surface area contributed by atoms with Crippen LogP contribution in [-0.2, 0) is 82.8 Å². The number of ether oxygens (including phenoxy) is 7. The average molecular weight is 1030 g/mol. The Morgan fingerprint density at radius 1 is 0.800 bits per heavy atom. The van der Waals surface area contributed by atoms with E-state index in [1.165, 1.54) is 26.9 Å². The van der Waals surface area contributed by atoms with E-state index in [1.54, 1.807) is 18.4 Å². The van der Waals surface area contributed by atoms with Crippen molar-refractivity contribution < 1.29 is 75.3 Å². The van der Waals surface area contributed by atoms with Crippen molar-refractivity contribution in [2.75, 3.05) is 32.8 Å². The van der Waals surface area contributed by atoms with Crippen molar-refractivity contribution in [3.8, 4) is 0 Å². The molecule has 2 fully saturated rings. The lowest BCUT2D eigenvalue weighted by Crippen LogP contribution is -2.56. The molecule has 0 aliphatic carbocycles. The summed E-state index contributed by atoms with van der Waals surface area (Å²) < 4.78 is 71.5. The molecule has 24 heteroatoms. The topological polar surface area (TPSA) is 257 Å². The summed E-state index contributed by atoms with van der Waals surface area (Å²) in [7, 11) is -2.58. The highest BCUT2D eigenvalue weighted by Gasteiger charge is 2.52. The zero-order valence-electron chi connectivity index (χ0n) is 39.2. The van der Waals surface area contributed by atoms with Gasteiger partial charge in [-0.3, -0.25) is 23.5 Å². The maximum Gasteiger partial charge on any atom is 0.481 e. The summed E-state index contributed by atoms with van der Waals surface area (Å²) in [4.78, 5) is 72.2. The number of aromatic nitrogens is 4. The van der Waals surface area contributed by atoms with Crippen LogP contribution in [0.1, 0.15) is 57.5 Å². The molecule has 2 aromatic heterocycles. The molecule has 2 saturated heterocycles. The van der Waals surface area contributed by atoms with Crippen LogP contribution >= 0.6 is 14.5 Å². The molecule has 3 aromatic carbocycles. The van der Waals surface area contributed by atoms with Gasteiger partial charge in [0.05, 0.1) is 12.9 Å². The van der Waals surface area contributed by atoms with Crippen LogP contribution in [0, 0.1) is 11.8 Å². The van der Waals surface area contributed by atoms with E-state index < -0.39 is 112 Å². The zero-order chi connectivity index (χ0) is 50.4. The molecular formula is C46H55N5O16P2S. The Labute approximate surface area is 408 Å². The van der Waals surface area contributed by atoms with Crippen molar-refractivity contribution in [1.29, 1.82) is 0 Å². The van der Waals surface area contributed by atoms with Gasteiger partial charge >= 0.3 is 32.4 Å². The number of phosphoric ester groups is 1. The largest absolute Gasteiger partial charge is 0.481 e. The molecule has 0 amide bonds. The van der Waals surface area contributed by atoms with Gasteiger partial charge in [-0.1, -0.05) is 105 Å². The van der Waals surface area contributed by atoms with Crippen molar-refractivity contribution >= 4 is 61.2 Å². The highest BCUT2D eigenvalue weighted by atomic mass is 32.5. The number of nitrogens with one attached hydrogen (secondary N) is 1. The Balaban J connectivity index is 1.11. The fourth-order valence-corrected chi connectivity index (χ4v) is 11.9. The van der Waals surface area contributed by atoms with Gasteiger partial charge in [-0.05, 0) is 34.4 Å². The summed E-state index contributed by atoms with van der Waals surface area (Å²) in [5.74, 6) is -3.01. The van der Waals surface area contributed by atoms with E-state index in [9.17, 15) is 28.7 Å². The van der Waals surface area contributed by atoms with Crippen LogP contribution in [0.2, 0.25) is 0 Å². The number of nitrogens with zero attached hydrogens (tertiary/aromatic N) is 4. The third kappa shape index (κ3) is 11.8. The van der Waals surface area contributed by atoms with Crippen molar-refractivity contribution in [1.82, 2.24) is 19.5 Å². The summed E-state index contributed by atoms with van der Waals surface area (Å²) >= 11 is 5.19. The summed E-state index contributed by atoms with van der Waals surface area (Å²) in [6.07, 6.45) is -6.27. The first kappa shape index (κ1) is 52.8. The van der Waals surface area contributed by atoms with Gasteiger partial charge in [0, 0.05) is 40.9 Å². The number of hydrogen-bond acceptors (Lipinski definition) is 19. The van der Waals surface area contributed by atoms with Crippen molar-refractivity contribution in [2.24, 2.45) is 11.8 Å². The number of esters is 3. The normalized spacial score (nSPS) is 25.8. The third-order valence-corrected chi connectivity index (χ3v) is 15.6. The summed E-state index contributed by atoms with van der Waals surface area (Å²) in [5.41, 5.74) is 2.64. The predicted octanol–water partition coefficient (Wildman–Crippen LogP) is 5.95. The van der Waals surface area contributed by atoms with Gasteiger partial charge in [-0.15, -0.1) is 0 Å². The quantitative estimate of drug-likeness (QED) is 0.0352. The van der Waals surface area contributed by atoms with E-state index in [1.807, 2.05) is 91.0 Å². The SMILES string of the molecule is COC1[C@@H](COP(O)(=S)OP(=O)(O)O[C@@H]2OC([C@@H](COC(C)=O)OC(C)=O)[C@@H](C)[C@H](C)C2OC(C)=O)O[C@@H](n2cnc3c(NC(c4ccccc4)(c4ccccc4)c4ccccc4)ncnc32)[C@H]1OC. The molecule has 0 bridgehead atoms. The second-order valence-electron chi connectivity index (χ2n) is 16.6. The fraction of sp³-hybridized carbons (Fsp3) is 0.435. The number of carbonyl (C=O) groups excluding carboxylic acids is 3. The molecule has 7 rings (SSSR count). The van der Waals surface area contributed by atoms with E-state index in [0.717, 1.165) is 37.5 Å². The second kappa shape index (κ2) is 22.6. The first-order chi connectivity index (χ1) is 33.4. The monoisotopic (exact) mass is 1030 g/mol. The first-order valence-electron chi connectivity index (χ1n) is 22.0. The molecule has 5 aromatic rings. The smallest absolute Gasteiger partial charge is 0.462 e. The number of fused-ring (bicyclic) bond motifs is 1. The number of rotatable bonds is 20. The minimum atomic E-state index is -5.45. The fourth-order valence-electron chi connectivity index (χ4n) is 8.84. The molecule has 2 aliphatic heterocycles. The Bertz CT molecular complexity index is 2590. The van der Waals surface area contributed by atoms with Gasteiger partial charge in [-0.2, -0.15) is 0 Å². The highest BCUT2D eigenvalue weighted by Crippen LogP contribution is 2.62. The zero-order valence-corrected chi connectivity index (χ0v) is 41.8. The van der Waals surface area contributed by atoms with Gasteiger partial charge in [-0.25, -0.2) is 23.8 Å². The molecular weight excluding hydrogens is 973 g/mol. The lowest BCUT2D eigenvalue weighted by atomic mass is 9.77. The number of phosphoric acid groups is 1. The number of methoxy groups -OCH3 is 2. The van der Waals surface area contributed by atoms with Crippen LogP contribution in [0.15, 0.2) is 104 Å². The number of hydrogen-bond donors (Lipinski definition) is 3. The number of imidazole rings is 1. The Morgan fingerprint density at radius 3 is 1.91 bits per heavy atom. The van der Waals surface area contributed by atoms with Crippen LogP contribution in [0.4, 0.5) is 5.82 Å². The maximum absolute atomic E-state index is 13.6. The van der Waals surface area contributed by atoms with Crippen molar-refractivity contribution in [3.63, 3.8) is 0 Å². The highest BCUT2D eigenvalue weighted by molar-refractivity contribution is 8.08. The minimum Gasteiger partial charge on any atom is -0.462 e. The third-order valence-electron chi connectivity index (χ3n) is 12.1. The van der Waals surface area contributed by atoms with Gasteiger partial charge < -0.3 is 52.8 Å². The Kier molecular flexibility index (Phi) is 17.0. The van der Waals surface area contributed by atoms with Crippen LogP contribution < -0.4 is 5.32 Å². The average Bonchev–Trinajstić information content (AvgIpc) is 3.93. The van der Waals surface area contributed by atoms with Crippen molar-refractivity contribution in [3.05, 3.63) is 120 Å². The molecule has 2 aliphatic rings. The van der Waals surface area contributed by atoms with Crippen LogP contribution in [-0.4, -0.2) is 118 Å². The van der Waals surface area contributed by atoms with Gasteiger partial charge in [0.2, 0.25) is 6.29 Å². The molecule has 0 saturated carbocycles. The number of benzene rings is 3. The molecule has 5 unspecified atom stereocenters.